The van der Waals surface area contributed by atoms with E-state index in [1.165, 1.54) is 12.5 Å². The highest BCUT2D eigenvalue weighted by molar-refractivity contribution is 9.10. The van der Waals surface area contributed by atoms with E-state index in [0.29, 0.717) is 33.5 Å². The molecular weight excluding hydrogens is 460 g/mol. The number of oxazole rings is 1. The second-order valence-electron chi connectivity index (χ2n) is 6.80. The second-order valence-corrected chi connectivity index (χ2v) is 7.72. The van der Waals surface area contributed by atoms with Gasteiger partial charge in [-0.2, -0.15) is 0 Å². The molecule has 0 aliphatic carbocycles. The van der Waals surface area contributed by atoms with Gasteiger partial charge in [0.05, 0.1) is 12.1 Å². The van der Waals surface area contributed by atoms with Crippen LogP contribution in [0.2, 0.25) is 0 Å². The van der Waals surface area contributed by atoms with Crippen molar-refractivity contribution >= 4 is 44.6 Å². The van der Waals surface area contributed by atoms with Crippen molar-refractivity contribution in [3.05, 3.63) is 83.7 Å². The van der Waals surface area contributed by atoms with E-state index < -0.39 is 5.97 Å². The van der Waals surface area contributed by atoms with Gasteiger partial charge < -0.3 is 14.8 Å². The standard InChI is InChI=1S/C24H17BrN2O4/c1-2-20(28)27-23-17(14-5-3-6-16(25)11-14)7-4-8-18(23)22-15(12-21(29)30)9-10-19-24(22)26-13-31-19/h2-11,13H,1,12H2,(H,27,28)(H,29,30). The Balaban J connectivity index is 2.04. The molecular formula is C24H17BrN2O4. The second kappa shape index (κ2) is 8.57. The van der Waals surface area contributed by atoms with Gasteiger partial charge in [0.1, 0.15) is 5.52 Å². The third-order valence-corrected chi connectivity index (χ3v) is 5.33. The molecule has 0 saturated carbocycles. The van der Waals surface area contributed by atoms with Crippen LogP contribution in [0.4, 0.5) is 5.69 Å². The number of carbonyl (C=O) groups is 2. The molecule has 0 fully saturated rings. The Hall–Kier alpha value is -3.71. The maximum Gasteiger partial charge on any atom is 0.307 e. The van der Waals surface area contributed by atoms with Gasteiger partial charge in [-0.1, -0.05) is 58.9 Å². The maximum absolute atomic E-state index is 12.3. The molecule has 1 amide bonds. The smallest absolute Gasteiger partial charge is 0.307 e. The summed E-state index contributed by atoms with van der Waals surface area (Å²) >= 11 is 3.49. The van der Waals surface area contributed by atoms with Crippen LogP contribution in [0.15, 0.2) is 82.5 Å². The van der Waals surface area contributed by atoms with Gasteiger partial charge in [0.15, 0.2) is 12.0 Å². The van der Waals surface area contributed by atoms with Crippen LogP contribution in [0.1, 0.15) is 5.56 Å². The van der Waals surface area contributed by atoms with Crippen molar-refractivity contribution in [1.82, 2.24) is 4.98 Å². The van der Waals surface area contributed by atoms with Crippen LogP contribution >= 0.6 is 15.9 Å². The van der Waals surface area contributed by atoms with Gasteiger partial charge >= 0.3 is 5.97 Å². The minimum atomic E-state index is -0.969. The molecule has 7 heteroatoms. The molecule has 1 aromatic heterocycles. The van der Waals surface area contributed by atoms with E-state index in [9.17, 15) is 14.7 Å². The molecule has 0 aliphatic rings. The molecule has 31 heavy (non-hydrogen) atoms. The van der Waals surface area contributed by atoms with Gasteiger partial charge in [-0.25, -0.2) is 4.98 Å². The molecule has 0 saturated heterocycles. The van der Waals surface area contributed by atoms with Crippen molar-refractivity contribution in [3.63, 3.8) is 0 Å². The molecule has 0 atom stereocenters. The highest BCUT2D eigenvalue weighted by Crippen LogP contribution is 2.41. The Morgan fingerprint density at radius 3 is 2.65 bits per heavy atom. The Morgan fingerprint density at radius 1 is 1.13 bits per heavy atom. The number of nitrogens with zero attached hydrogens (tertiary/aromatic N) is 1. The van der Waals surface area contributed by atoms with Crippen molar-refractivity contribution in [2.75, 3.05) is 5.32 Å². The number of anilines is 1. The summed E-state index contributed by atoms with van der Waals surface area (Å²) in [5.41, 5.74) is 5.05. The van der Waals surface area contributed by atoms with Crippen molar-refractivity contribution < 1.29 is 19.1 Å². The lowest BCUT2D eigenvalue weighted by Crippen LogP contribution is -2.10. The molecule has 1 heterocycles. The highest BCUT2D eigenvalue weighted by Gasteiger charge is 2.21. The molecule has 154 valence electrons. The monoisotopic (exact) mass is 476 g/mol. The lowest BCUT2D eigenvalue weighted by atomic mass is 9.91. The summed E-state index contributed by atoms with van der Waals surface area (Å²) in [6, 6.07) is 16.7. The Morgan fingerprint density at radius 2 is 1.90 bits per heavy atom. The molecule has 0 radical (unpaired) electrons. The molecule has 0 unspecified atom stereocenters. The van der Waals surface area contributed by atoms with Gasteiger partial charge in [-0.05, 0) is 35.4 Å². The van der Waals surface area contributed by atoms with Gasteiger partial charge in [0, 0.05) is 21.2 Å². The van der Waals surface area contributed by atoms with E-state index in [1.807, 2.05) is 42.5 Å². The summed E-state index contributed by atoms with van der Waals surface area (Å²) in [6.07, 6.45) is 2.31. The zero-order valence-corrected chi connectivity index (χ0v) is 17.8. The van der Waals surface area contributed by atoms with Gasteiger partial charge in [0.25, 0.3) is 0 Å². The van der Waals surface area contributed by atoms with Crippen LogP contribution in [0.25, 0.3) is 33.4 Å². The first kappa shape index (κ1) is 20.6. The Kier molecular flexibility index (Phi) is 5.68. The number of para-hydroxylation sites is 1. The van der Waals surface area contributed by atoms with Gasteiger partial charge in [-0.15, -0.1) is 0 Å². The lowest BCUT2D eigenvalue weighted by Gasteiger charge is -2.18. The van der Waals surface area contributed by atoms with Crippen LogP contribution in [0.5, 0.6) is 0 Å². The summed E-state index contributed by atoms with van der Waals surface area (Å²) in [5, 5.41) is 12.3. The number of nitrogens with one attached hydrogen (secondary N) is 1. The Labute approximate surface area is 186 Å². The first-order valence-electron chi connectivity index (χ1n) is 9.37. The first-order chi connectivity index (χ1) is 15.0. The van der Waals surface area contributed by atoms with Gasteiger partial charge in [-0.3, -0.25) is 9.59 Å². The lowest BCUT2D eigenvalue weighted by molar-refractivity contribution is -0.136. The van der Waals surface area contributed by atoms with E-state index in [-0.39, 0.29) is 12.3 Å². The number of benzene rings is 3. The van der Waals surface area contributed by atoms with E-state index in [1.54, 1.807) is 12.1 Å². The SMILES string of the molecule is C=CC(=O)Nc1c(-c2cccc(Br)c2)cccc1-c1c(CC(=O)O)ccc2ocnc12. The minimum absolute atomic E-state index is 0.200. The average molecular weight is 477 g/mol. The van der Waals surface area contributed by atoms with Crippen LogP contribution in [0, 0.1) is 0 Å². The van der Waals surface area contributed by atoms with Crippen molar-refractivity contribution in [2.45, 2.75) is 6.42 Å². The van der Waals surface area contributed by atoms with E-state index in [0.717, 1.165) is 15.6 Å². The van der Waals surface area contributed by atoms with E-state index >= 15 is 0 Å². The first-order valence-corrected chi connectivity index (χ1v) is 10.2. The summed E-state index contributed by atoms with van der Waals surface area (Å²) in [4.78, 5) is 28.2. The van der Waals surface area contributed by atoms with Crippen molar-refractivity contribution in [3.8, 4) is 22.3 Å². The number of fused-ring (bicyclic) bond motifs is 1. The number of halogens is 1. The number of hydrogen-bond acceptors (Lipinski definition) is 4. The number of amides is 1. The number of carboxylic acid groups (broad SMARTS) is 1. The van der Waals surface area contributed by atoms with Crippen molar-refractivity contribution in [1.29, 1.82) is 0 Å². The predicted octanol–water partition coefficient (Wildman–Crippen LogP) is 5.68. The molecule has 3 aromatic carbocycles. The zero-order valence-electron chi connectivity index (χ0n) is 16.3. The fraction of sp³-hybridized carbons (Fsp3) is 0.0417. The van der Waals surface area contributed by atoms with Crippen LogP contribution in [-0.2, 0) is 16.0 Å². The summed E-state index contributed by atoms with van der Waals surface area (Å²) in [7, 11) is 0. The molecule has 0 bridgehead atoms. The molecule has 4 aromatic rings. The topological polar surface area (TPSA) is 92.4 Å². The number of carboxylic acids is 1. The molecule has 6 nitrogen and oxygen atoms in total. The van der Waals surface area contributed by atoms with Gasteiger partial charge in [0.2, 0.25) is 5.91 Å². The fourth-order valence-corrected chi connectivity index (χ4v) is 3.95. The highest BCUT2D eigenvalue weighted by atomic mass is 79.9. The molecule has 0 aliphatic heterocycles. The molecule has 0 spiro atoms. The number of aromatic nitrogens is 1. The summed E-state index contributed by atoms with van der Waals surface area (Å²) in [6.45, 7) is 3.55. The number of carbonyl (C=O) groups excluding carboxylic acids is 1. The van der Waals surface area contributed by atoms with Crippen LogP contribution < -0.4 is 5.32 Å². The zero-order chi connectivity index (χ0) is 22.0. The minimum Gasteiger partial charge on any atom is -0.481 e. The number of aliphatic carboxylic acids is 1. The average Bonchev–Trinajstić information content (AvgIpc) is 3.22. The number of rotatable bonds is 6. The largest absolute Gasteiger partial charge is 0.481 e. The van der Waals surface area contributed by atoms with Crippen LogP contribution in [-0.4, -0.2) is 22.0 Å². The normalized spacial score (nSPS) is 10.7. The van der Waals surface area contributed by atoms with E-state index in [4.69, 9.17) is 4.42 Å². The number of hydrogen-bond donors (Lipinski definition) is 2. The van der Waals surface area contributed by atoms with E-state index in [2.05, 4.69) is 32.8 Å². The fourth-order valence-electron chi connectivity index (χ4n) is 3.55. The quantitative estimate of drug-likeness (QED) is 0.349. The predicted molar refractivity (Wildman–Crippen MR) is 123 cm³/mol. The Bertz CT molecular complexity index is 1330. The molecule has 2 N–H and O–H groups in total. The maximum atomic E-state index is 12.3. The summed E-state index contributed by atoms with van der Waals surface area (Å²) < 4.78 is 6.33. The molecule has 4 rings (SSSR count). The third kappa shape index (κ3) is 4.13. The summed E-state index contributed by atoms with van der Waals surface area (Å²) in [5.74, 6) is -1.35. The third-order valence-electron chi connectivity index (χ3n) is 4.83. The van der Waals surface area contributed by atoms with Crippen LogP contribution in [0.3, 0.4) is 0 Å². The van der Waals surface area contributed by atoms with Crippen molar-refractivity contribution in [2.24, 2.45) is 0 Å².